The summed E-state index contributed by atoms with van der Waals surface area (Å²) in [7, 11) is 0. The van der Waals surface area contributed by atoms with Crippen LogP contribution in [0.4, 0.5) is 5.69 Å². The van der Waals surface area contributed by atoms with Crippen LogP contribution in [-0.2, 0) is 11.2 Å². The SMILES string of the molecule is CCc1nc(C)c(C(=O)N2CCCCC2C(=O)Nc2cccc(-c3nnc(C)s3)c2)o1. The molecule has 0 radical (unpaired) electrons. The van der Waals surface area contributed by atoms with Crippen molar-refractivity contribution < 1.29 is 14.0 Å². The van der Waals surface area contributed by atoms with Crippen LogP contribution in [0.1, 0.15) is 53.3 Å². The third kappa shape index (κ3) is 4.51. The molecule has 1 saturated heterocycles. The molecular weight excluding hydrogens is 414 g/mol. The number of oxazole rings is 1. The fraction of sp³-hybridized carbons (Fsp3) is 0.409. The predicted molar refractivity (Wildman–Crippen MR) is 118 cm³/mol. The van der Waals surface area contributed by atoms with Crippen molar-refractivity contribution in [2.75, 3.05) is 11.9 Å². The molecule has 1 N–H and O–H groups in total. The Morgan fingerprint density at radius 1 is 1.26 bits per heavy atom. The fourth-order valence-corrected chi connectivity index (χ4v) is 4.44. The van der Waals surface area contributed by atoms with Crippen LogP contribution in [0, 0.1) is 13.8 Å². The number of aromatic nitrogens is 3. The summed E-state index contributed by atoms with van der Waals surface area (Å²) < 4.78 is 5.65. The van der Waals surface area contributed by atoms with Crippen molar-refractivity contribution in [2.45, 2.75) is 52.5 Å². The number of carbonyl (C=O) groups is 2. The molecule has 1 aliphatic rings. The van der Waals surface area contributed by atoms with Gasteiger partial charge in [-0.25, -0.2) is 4.98 Å². The largest absolute Gasteiger partial charge is 0.435 e. The molecule has 31 heavy (non-hydrogen) atoms. The average Bonchev–Trinajstić information content (AvgIpc) is 3.38. The Bertz CT molecular complexity index is 1110. The molecule has 1 aliphatic heterocycles. The van der Waals surface area contributed by atoms with Gasteiger partial charge in [-0.3, -0.25) is 9.59 Å². The van der Waals surface area contributed by atoms with Crippen LogP contribution in [0.15, 0.2) is 28.7 Å². The molecule has 3 aromatic rings. The third-order valence-electron chi connectivity index (χ3n) is 5.31. The van der Waals surface area contributed by atoms with E-state index in [1.165, 1.54) is 11.3 Å². The summed E-state index contributed by atoms with van der Waals surface area (Å²) in [6.45, 7) is 6.10. The summed E-state index contributed by atoms with van der Waals surface area (Å²) in [5.74, 6) is 0.280. The molecule has 3 heterocycles. The number of rotatable bonds is 5. The van der Waals surface area contributed by atoms with E-state index in [-0.39, 0.29) is 17.6 Å². The van der Waals surface area contributed by atoms with Crippen LogP contribution < -0.4 is 5.32 Å². The van der Waals surface area contributed by atoms with Gasteiger partial charge in [-0.15, -0.1) is 10.2 Å². The maximum absolute atomic E-state index is 13.2. The number of aryl methyl sites for hydroxylation is 3. The summed E-state index contributed by atoms with van der Waals surface area (Å²) in [5.41, 5.74) is 2.12. The van der Waals surface area contributed by atoms with Crippen molar-refractivity contribution in [3.05, 3.63) is 46.6 Å². The molecule has 2 amide bonds. The van der Waals surface area contributed by atoms with Crippen molar-refractivity contribution in [3.8, 4) is 10.6 Å². The average molecular weight is 440 g/mol. The zero-order valence-electron chi connectivity index (χ0n) is 17.8. The molecule has 0 spiro atoms. The van der Waals surface area contributed by atoms with E-state index in [9.17, 15) is 9.59 Å². The highest BCUT2D eigenvalue weighted by Gasteiger charge is 2.35. The lowest BCUT2D eigenvalue weighted by atomic mass is 10.0. The molecule has 1 unspecified atom stereocenters. The number of benzene rings is 1. The monoisotopic (exact) mass is 439 g/mol. The molecule has 1 fully saturated rings. The van der Waals surface area contributed by atoms with Crippen molar-refractivity contribution in [3.63, 3.8) is 0 Å². The van der Waals surface area contributed by atoms with Crippen molar-refractivity contribution in [2.24, 2.45) is 0 Å². The molecule has 0 aliphatic carbocycles. The summed E-state index contributed by atoms with van der Waals surface area (Å²) in [6.07, 6.45) is 2.97. The highest BCUT2D eigenvalue weighted by Crippen LogP contribution is 2.27. The normalized spacial score (nSPS) is 16.4. The number of amides is 2. The number of hydrogen-bond donors (Lipinski definition) is 1. The minimum atomic E-state index is -0.553. The lowest BCUT2D eigenvalue weighted by Gasteiger charge is -2.34. The van der Waals surface area contributed by atoms with E-state index in [1.54, 1.807) is 11.8 Å². The smallest absolute Gasteiger partial charge is 0.292 e. The van der Waals surface area contributed by atoms with E-state index in [1.807, 2.05) is 38.1 Å². The molecule has 8 nitrogen and oxygen atoms in total. The van der Waals surface area contributed by atoms with E-state index in [2.05, 4.69) is 20.5 Å². The Labute approximate surface area is 184 Å². The van der Waals surface area contributed by atoms with Gasteiger partial charge in [0.2, 0.25) is 11.7 Å². The van der Waals surface area contributed by atoms with Gasteiger partial charge >= 0.3 is 0 Å². The van der Waals surface area contributed by atoms with Crippen LogP contribution in [0.2, 0.25) is 0 Å². The standard InChI is InChI=1S/C22H25N5O3S/c1-4-18-23-13(2)19(30-18)22(29)27-11-6-5-10-17(27)20(28)24-16-9-7-8-15(12-16)21-26-25-14(3)31-21/h7-9,12,17H,4-6,10-11H2,1-3H3,(H,24,28). The van der Waals surface area contributed by atoms with E-state index in [0.29, 0.717) is 36.7 Å². The number of hydrogen-bond acceptors (Lipinski definition) is 7. The second-order valence-electron chi connectivity index (χ2n) is 7.58. The van der Waals surface area contributed by atoms with Crippen LogP contribution >= 0.6 is 11.3 Å². The highest BCUT2D eigenvalue weighted by atomic mass is 32.1. The minimum Gasteiger partial charge on any atom is -0.435 e. The maximum atomic E-state index is 13.2. The second-order valence-corrected chi connectivity index (χ2v) is 8.76. The number of likely N-dealkylation sites (tertiary alicyclic amines) is 1. The van der Waals surface area contributed by atoms with Gasteiger partial charge in [-0.05, 0) is 45.2 Å². The fourth-order valence-electron chi connectivity index (χ4n) is 3.75. The van der Waals surface area contributed by atoms with Gasteiger partial charge in [-0.2, -0.15) is 0 Å². The number of anilines is 1. The third-order valence-corrected chi connectivity index (χ3v) is 6.19. The number of nitrogens with zero attached hydrogens (tertiary/aromatic N) is 4. The Kier molecular flexibility index (Phi) is 6.13. The van der Waals surface area contributed by atoms with Crippen molar-refractivity contribution >= 4 is 28.8 Å². The number of piperidine rings is 1. The Balaban J connectivity index is 1.52. The Hall–Kier alpha value is -3.07. The number of carbonyl (C=O) groups excluding carboxylic acids is 2. The van der Waals surface area contributed by atoms with Gasteiger partial charge in [0.05, 0.1) is 5.69 Å². The summed E-state index contributed by atoms with van der Waals surface area (Å²) in [6, 6.07) is 6.96. The Morgan fingerprint density at radius 3 is 2.81 bits per heavy atom. The first kappa shape index (κ1) is 21.2. The van der Waals surface area contributed by atoms with Crippen LogP contribution in [0.5, 0.6) is 0 Å². The van der Waals surface area contributed by atoms with Gasteiger partial charge in [0, 0.05) is 24.2 Å². The van der Waals surface area contributed by atoms with Crippen molar-refractivity contribution in [1.82, 2.24) is 20.1 Å². The molecule has 4 rings (SSSR count). The highest BCUT2D eigenvalue weighted by molar-refractivity contribution is 7.14. The minimum absolute atomic E-state index is 0.202. The number of nitrogens with one attached hydrogen (secondary N) is 1. The molecule has 1 aromatic carbocycles. The van der Waals surface area contributed by atoms with Crippen LogP contribution in [0.25, 0.3) is 10.6 Å². The van der Waals surface area contributed by atoms with E-state index >= 15 is 0 Å². The zero-order valence-corrected chi connectivity index (χ0v) is 18.7. The van der Waals surface area contributed by atoms with Gasteiger partial charge in [0.1, 0.15) is 16.1 Å². The quantitative estimate of drug-likeness (QED) is 0.645. The van der Waals surface area contributed by atoms with Crippen molar-refractivity contribution in [1.29, 1.82) is 0 Å². The molecule has 0 bridgehead atoms. The first-order valence-corrected chi connectivity index (χ1v) is 11.3. The van der Waals surface area contributed by atoms with Gasteiger partial charge < -0.3 is 14.6 Å². The second kappa shape index (κ2) is 8.97. The summed E-state index contributed by atoms with van der Waals surface area (Å²) in [5, 5.41) is 12.9. The van der Waals surface area contributed by atoms with E-state index in [4.69, 9.17) is 4.42 Å². The van der Waals surface area contributed by atoms with Gasteiger partial charge in [0.15, 0.2) is 5.89 Å². The van der Waals surface area contributed by atoms with E-state index < -0.39 is 6.04 Å². The first-order chi connectivity index (χ1) is 15.0. The molecule has 2 aromatic heterocycles. The molecular formula is C22H25N5O3S. The predicted octanol–water partition coefficient (Wildman–Crippen LogP) is 4.01. The van der Waals surface area contributed by atoms with Crippen LogP contribution in [0.3, 0.4) is 0 Å². The molecule has 9 heteroatoms. The lowest BCUT2D eigenvalue weighted by molar-refractivity contribution is -0.121. The Morgan fingerprint density at radius 2 is 2.10 bits per heavy atom. The maximum Gasteiger partial charge on any atom is 0.292 e. The summed E-state index contributed by atoms with van der Waals surface area (Å²) >= 11 is 1.50. The van der Waals surface area contributed by atoms with E-state index in [0.717, 1.165) is 28.4 Å². The molecule has 1 atom stereocenters. The first-order valence-electron chi connectivity index (χ1n) is 10.4. The van der Waals surface area contributed by atoms with Gasteiger partial charge in [-0.1, -0.05) is 30.4 Å². The van der Waals surface area contributed by atoms with Gasteiger partial charge in [0.25, 0.3) is 5.91 Å². The zero-order chi connectivity index (χ0) is 22.0. The lowest BCUT2D eigenvalue weighted by Crippen LogP contribution is -2.50. The van der Waals surface area contributed by atoms with Crippen LogP contribution in [-0.4, -0.2) is 44.5 Å². The topological polar surface area (TPSA) is 101 Å². The molecule has 162 valence electrons. The molecule has 0 saturated carbocycles. The summed E-state index contributed by atoms with van der Waals surface area (Å²) in [4.78, 5) is 32.2.